The van der Waals surface area contributed by atoms with E-state index in [1.165, 1.54) is 9.80 Å². The van der Waals surface area contributed by atoms with E-state index in [0.717, 1.165) is 18.2 Å². The van der Waals surface area contributed by atoms with E-state index in [9.17, 15) is 22.8 Å². The highest BCUT2D eigenvalue weighted by Gasteiger charge is 2.37. The molecule has 1 fully saturated rings. The lowest BCUT2D eigenvalue weighted by molar-refractivity contribution is -0.138. The van der Waals surface area contributed by atoms with Gasteiger partial charge in [0.2, 0.25) is 5.91 Å². The number of benzene rings is 2. The van der Waals surface area contributed by atoms with Crippen LogP contribution in [0.2, 0.25) is 15.1 Å². The molecule has 32 heavy (non-hydrogen) atoms. The average Bonchev–Trinajstić information content (AvgIpc) is 2.73. The van der Waals surface area contributed by atoms with Crippen molar-refractivity contribution in [1.82, 2.24) is 9.80 Å². The van der Waals surface area contributed by atoms with Crippen molar-refractivity contribution in [3.05, 3.63) is 68.2 Å². The van der Waals surface area contributed by atoms with Crippen LogP contribution in [0.4, 0.5) is 13.2 Å². The molecule has 2 amide bonds. The quantitative estimate of drug-likeness (QED) is 0.660. The van der Waals surface area contributed by atoms with Crippen LogP contribution >= 0.6 is 34.8 Å². The lowest BCUT2D eigenvalue weighted by Gasteiger charge is -2.36. The predicted octanol–water partition coefficient (Wildman–Crippen LogP) is 4.52. The van der Waals surface area contributed by atoms with E-state index in [1.54, 1.807) is 18.2 Å². The number of alkyl halides is 3. The molecule has 0 saturated carbocycles. The molecular weight excluding hydrogens is 490 g/mol. The summed E-state index contributed by atoms with van der Waals surface area (Å²) < 4.78 is 39.9. The third-order valence-corrected chi connectivity index (χ3v) is 5.99. The van der Waals surface area contributed by atoms with Gasteiger partial charge in [0.15, 0.2) is 0 Å². The number of halogens is 6. The van der Waals surface area contributed by atoms with E-state index in [-0.39, 0.29) is 43.5 Å². The van der Waals surface area contributed by atoms with Crippen LogP contribution in [0.25, 0.3) is 0 Å². The first-order chi connectivity index (χ1) is 15.0. The minimum Gasteiger partial charge on any atom is -0.338 e. The Morgan fingerprint density at radius 1 is 0.938 bits per heavy atom. The van der Waals surface area contributed by atoms with Crippen molar-refractivity contribution < 1.29 is 22.8 Å². The van der Waals surface area contributed by atoms with Crippen molar-refractivity contribution in [3.63, 3.8) is 0 Å². The summed E-state index contributed by atoms with van der Waals surface area (Å²) in [7, 11) is 0. The van der Waals surface area contributed by atoms with E-state index in [2.05, 4.69) is 0 Å². The van der Waals surface area contributed by atoms with E-state index >= 15 is 0 Å². The summed E-state index contributed by atoms with van der Waals surface area (Å²) in [6, 6.07) is 6.93. The van der Waals surface area contributed by atoms with Gasteiger partial charge in [-0.3, -0.25) is 9.59 Å². The average molecular weight is 509 g/mol. The Morgan fingerprint density at radius 3 is 2.09 bits per heavy atom. The summed E-state index contributed by atoms with van der Waals surface area (Å²) in [6.07, 6.45) is -4.49. The maximum Gasteiger partial charge on any atom is 0.417 e. The maximum atomic E-state index is 13.3. The molecule has 5 nitrogen and oxygen atoms in total. The van der Waals surface area contributed by atoms with Gasteiger partial charge in [-0.25, -0.2) is 0 Å². The Labute approximate surface area is 197 Å². The van der Waals surface area contributed by atoms with Crippen molar-refractivity contribution in [3.8, 4) is 0 Å². The van der Waals surface area contributed by atoms with Crippen LogP contribution in [0.15, 0.2) is 36.4 Å². The summed E-state index contributed by atoms with van der Waals surface area (Å²) in [5, 5.41) is 0.896. The zero-order valence-corrected chi connectivity index (χ0v) is 18.9. The molecule has 11 heteroatoms. The zero-order valence-electron chi connectivity index (χ0n) is 16.6. The number of nitrogens with zero attached hydrogens (tertiary/aromatic N) is 2. The summed E-state index contributed by atoms with van der Waals surface area (Å²) in [5.74, 6) is -1.12. The molecule has 1 saturated heterocycles. The van der Waals surface area contributed by atoms with Crippen LogP contribution < -0.4 is 5.73 Å². The lowest BCUT2D eigenvalue weighted by atomic mass is 10.0. The standard InChI is InChI=1S/C21H19Cl3F3N3O2/c22-13-3-4-16(21(25,26)27)15(10-13)19(31)29-5-7-30(8-6-29)20(32)18(28)9-12-1-2-14(23)11-17(12)24/h1-4,10-11,18H,5-9,28H2. The third-order valence-electron chi connectivity index (χ3n) is 5.17. The summed E-state index contributed by atoms with van der Waals surface area (Å²) in [5.41, 5.74) is 5.16. The normalized spacial score (nSPS) is 15.6. The molecule has 1 aliphatic heterocycles. The van der Waals surface area contributed by atoms with E-state index in [1.807, 2.05) is 0 Å². The molecule has 0 aliphatic carbocycles. The smallest absolute Gasteiger partial charge is 0.338 e. The van der Waals surface area contributed by atoms with Crippen LogP contribution in [0.3, 0.4) is 0 Å². The van der Waals surface area contributed by atoms with Crippen LogP contribution in [0.1, 0.15) is 21.5 Å². The van der Waals surface area contributed by atoms with Crippen LogP contribution in [0.5, 0.6) is 0 Å². The van der Waals surface area contributed by atoms with E-state index in [4.69, 9.17) is 40.5 Å². The summed E-state index contributed by atoms with van der Waals surface area (Å²) in [6.45, 7) is 0.439. The first-order valence-corrected chi connectivity index (χ1v) is 10.7. The Morgan fingerprint density at radius 2 is 1.50 bits per heavy atom. The van der Waals surface area contributed by atoms with Gasteiger partial charge in [0.25, 0.3) is 5.91 Å². The number of hydrogen-bond donors (Lipinski definition) is 1. The molecule has 2 aromatic carbocycles. The first-order valence-electron chi connectivity index (χ1n) is 9.61. The Balaban J connectivity index is 1.64. The monoisotopic (exact) mass is 507 g/mol. The molecule has 0 bridgehead atoms. The number of hydrogen-bond acceptors (Lipinski definition) is 3. The van der Waals surface area contributed by atoms with E-state index < -0.39 is 29.3 Å². The van der Waals surface area contributed by atoms with Gasteiger partial charge in [-0.15, -0.1) is 0 Å². The van der Waals surface area contributed by atoms with Gasteiger partial charge in [0, 0.05) is 41.2 Å². The number of rotatable bonds is 4. The molecule has 0 spiro atoms. The van der Waals surface area contributed by atoms with Gasteiger partial charge in [-0.05, 0) is 42.3 Å². The fourth-order valence-electron chi connectivity index (χ4n) is 3.49. The number of amides is 2. The second-order valence-electron chi connectivity index (χ2n) is 7.35. The van der Waals surface area contributed by atoms with Gasteiger partial charge in [-0.2, -0.15) is 13.2 Å². The highest BCUT2D eigenvalue weighted by Crippen LogP contribution is 2.34. The lowest BCUT2D eigenvalue weighted by Crippen LogP contribution is -2.54. The molecule has 1 unspecified atom stereocenters. The molecule has 1 atom stereocenters. The second kappa shape index (κ2) is 9.87. The largest absolute Gasteiger partial charge is 0.417 e. The number of carbonyl (C=O) groups excluding carboxylic acids is 2. The topological polar surface area (TPSA) is 66.6 Å². The Bertz CT molecular complexity index is 1030. The second-order valence-corrected chi connectivity index (χ2v) is 8.63. The fourth-order valence-corrected chi connectivity index (χ4v) is 4.14. The molecule has 1 heterocycles. The van der Waals surface area contributed by atoms with Crippen molar-refractivity contribution in [2.75, 3.05) is 26.2 Å². The highest BCUT2D eigenvalue weighted by molar-refractivity contribution is 6.35. The molecule has 0 radical (unpaired) electrons. The molecule has 2 N–H and O–H groups in total. The van der Waals surface area contributed by atoms with Crippen molar-refractivity contribution in [1.29, 1.82) is 0 Å². The zero-order chi connectivity index (χ0) is 23.6. The number of piperazine rings is 1. The maximum absolute atomic E-state index is 13.3. The first kappa shape index (κ1) is 24.6. The Hall–Kier alpha value is -2.00. The molecule has 3 rings (SSSR count). The summed E-state index contributed by atoms with van der Waals surface area (Å²) in [4.78, 5) is 28.2. The summed E-state index contributed by atoms with van der Waals surface area (Å²) >= 11 is 17.8. The van der Waals surface area contributed by atoms with E-state index in [0.29, 0.717) is 15.6 Å². The highest BCUT2D eigenvalue weighted by atomic mass is 35.5. The fraction of sp³-hybridized carbons (Fsp3) is 0.333. The van der Waals surface area contributed by atoms with Crippen LogP contribution in [0, 0.1) is 0 Å². The van der Waals surface area contributed by atoms with Gasteiger partial charge in [0.1, 0.15) is 0 Å². The predicted molar refractivity (Wildman–Crippen MR) is 117 cm³/mol. The molecular formula is C21H19Cl3F3N3O2. The van der Waals surface area contributed by atoms with Crippen molar-refractivity contribution >= 4 is 46.6 Å². The molecule has 1 aliphatic rings. The van der Waals surface area contributed by atoms with Crippen molar-refractivity contribution in [2.45, 2.75) is 18.6 Å². The molecule has 2 aromatic rings. The van der Waals surface area contributed by atoms with Crippen LogP contribution in [-0.4, -0.2) is 53.8 Å². The minimum absolute atomic E-state index is 0.0296. The number of carbonyl (C=O) groups is 2. The van der Waals surface area contributed by atoms with Gasteiger partial charge in [0.05, 0.1) is 17.2 Å². The number of nitrogens with two attached hydrogens (primary N) is 1. The van der Waals surface area contributed by atoms with Gasteiger partial charge >= 0.3 is 6.18 Å². The molecule has 0 aromatic heterocycles. The molecule has 172 valence electrons. The third kappa shape index (κ3) is 5.67. The van der Waals surface area contributed by atoms with Crippen molar-refractivity contribution in [2.24, 2.45) is 5.73 Å². The van der Waals surface area contributed by atoms with Crippen LogP contribution in [-0.2, 0) is 17.4 Å². The SMILES string of the molecule is NC(Cc1ccc(Cl)cc1Cl)C(=O)N1CCN(C(=O)c2cc(Cl)ccc2C(F)(F)F)CC1. The Kier molecular flexibility index (Phi) is 7.60. The van der Waals surface area contributed by atoms with Gasteiger partial charge in [-0.1, -0.05) is 40.9 Å². The van der Waals surface area contributed by atoms with Gasteiger partial charge < -0.3 is 15.5 Å². The minimum atomic E-state index is -4.69.